The molecule has 0 spiro atoms. The van der Waals surface area contributed by atoms with E-state index in [1.165, 1.54) is 0 Å². The Kier molecular flexibility index (Phi) is 6.54. The summed E-state index contributed by atoms with van der Waals surface area (Å²) in [5.74, 6) is -0.543. The van der Waals surface area contributed by atoms with Crippen LogP contribution in [0.4, 0.5) is 5.69 Å². The maximum atomic E-state index is 11.9. The van der Waals surface area contributed by atoms with Crippen molar-refractivity contribution in [2.24, 2.45) is 0 Å². The molecule has 6 heteroatoms. The van der Waals surface area contributed by atoms with Crippen LogP contribution >= 0.6 is 0 Å². The molecule has 0 saturated carbocycles. The molecule has 2 rings (SSSR count). The fourth-order valence-corrected chi connectivity index (χ4v) is 2.04. The number of aliphatic carboxylic acids is 1. The summed E-state index contributed by atoms with van der Waals surface area (Å²) in [5, 5.41) is 14.5. The van der Waals surface area contributed by atoms with Gasteiger partial charge in [-0.1, -0.05) is 29.8 Å². The molecule has 2 aromatic rings. The highest BCUT2D eigenvalue weighted by molar-refractivity contribution is 5.91. The van der Waals surface area contributed by atoms with Crippen molar-refractivity contribution in [3.8, 4) is 5.75 Å². The van der Waals surface area contributed by atoms with Gasteiger partial charge in [0.25, 0.3) is 5.91 Å². The lowest BCUT2D eigenvalue weighted by atomic mass is 10.2. The Hall–Kier alpha value is -2.86. The van der Waals surface area contributed by atoms with Crippen molar-refractivity contribution in [1.29, 1.82) is 0 Å². The minimum atomic E-state index is -0.889. The second-order valence-corrected chi connectivity index (χ2v) is 5.79. The Morgan fingerprint density at radius 2 is 1.72 bits per heavy atom. The van der Waals surface area contributed by atoms with Crippen LogP contribution in [0.25, 0.3) is 0 Å². The number of ether oxygens (including phenoxy) is 1. The van der Waals surface area contributed by atoms with Gasteiger partial charge in [0.2, 0.25) is 0 Å². The fourth-order valence-electron chi connectivity index (χ4n) is 2.04. The van der Waals surface area contributed by atoms with E-state index in [9.17, 15) is 9.59 Å². The predicted molar refractivity (Wildman–Crippen MR) is 95.7 cm³/mol. The minimum absolute atomic E-state index is 0.0818. The van der Waals surface area contributed by atoms with Crippen molar-refractivity contribution >= 4 is 17.6 Å². The smallest absolute Gasteiger partial charge is 0.320 e. The number of carboxylic acid groups (broad SMARTS) is 1. The lowest BCUT2D eigenvalue weighted by Gasteiger charge is -2.10. The van der Waals surface area contributed by atoms with Gasteiger partial charge in [0, 0.05) is 12.2 Å². The number of rotatable bonds is 8. The third kappa shape index (κ3) is 6.27. The Labute approximate surface area is 146 Å². The van der Waals surface area contributed by atoms with E-state index in [0.29, 0.717) is 12.3 Å². The van der Waals surface area contributed by atoms with Crippen molar-refractivity contribution in [2.45, 2.75) is 26.4 Å². The molecule has 0 saturated heterocycles. The molecule has 25 heavy (non-hydrogen) atoms. The van der Waals surface area contributed by atoms with Crippen LogP contribution in [0.3, 0.4) is 0 Å². The summed E-state index contributed by atoms with van der Waals surface area (Å²) >= 11 is 0. The van der Waals surface area contributed by atoms with Crippen molar-refractivity contribution < 1.29 is 19.4 Å². The summed E-state index contributed by atoms with van der Waals surface area (Å²) in [6.45, 7) is 3.94. The summed E-state index contributed by atoms with van der Waals surface area (Å²) in [6, 6.07) is 14.1. The van der Waals surface area contributed by atoms with Gasteiger partial charge in [-0.05, 0) is 43.7 Å². The van der Waals surface area contributed by atoms with Crippen molar-refractivity contribution in [1.82, 2.24) is 5.32 Å². The van der Waals surface area contributed by atoms with Crippen molar-refractivity contribution in [3.05, 3.63) is 59.7 Å². The summed E-state index contributed by atoms with van der Waals surface area (Å²) < 4.78 is 5.46. The first-order valence-corrected chi connectivity index (χ1v) is 7.98. The van der Waals surface area contributed by atoms with Gasteiger partial charge < -0.3 is 20.5 Å². The Morgan fingerprint density at radius 3 is 2.32 bits per heavy atom. The molecule has 3 N–H and O–H groups in total. The standard InChI is InChI=1S/C19H22N2O4/c1-13-3-7-16(8-4-13)21-18(22)12-25-17-9-5-15(6-10-17)11-20-14(2)19(23)24/h3-10,14,20H,11-12H2,1-2H3,(H,21,22)(H,23,24). The monoisotopic (exact) mass is 342 g/mol. The number of hydrogen-bond donors (Lipinski definition) is 3. The summed E-state index contributed by atoms with van der Waals surface area (Å²) in [7, 11) is 0. The highest BCUT2D eigenvalue weighted by Gasteiger charge is 2.09. The van der Waals surface area contributed by atoms with E-state index < -0.39 is 12.0 Å². The van der Waals surface area contributed by atoms with E-state index >= 15 is 0 Å². The summed E-state index contributed by atoms with van der Waals surface area (Å²) in [4.78, 5) is 22.6. The quantitative estimate of drug-likeness (QED) is 0.686. The topological polar surface area (TPSA) is 87.7 Å². The lowest BCUT2D eigenvalue weighted by Crippen LogP contribution is -2.33. The van der Waals surface area contributed by atoms with Crippen molar-refractivity contribution in [2.75, 3.05) is 11.9 Å². The number of anilines is 1. The van der Waals surface area contributed by atoms with Gasteiger partial charge >= 0.3 is 5.97 Å². The third-order valence-electron chi connectivity index (χ3n) is 3.61. The molecule has 0 aromatic heterocycles. The number of carbonyl (C=O) groups is 2. The number of hydrogen-bond acceptors (Lipinski definition) is 4. The third-order valence-corrected chi connectivity index (χ3v) is 3.61. The molecule has 0 fully saturated rings. The second kappa shape index (κ2) is 8.84. The van der Waals surface area contributed by atoms with E-state index in [1.807, 2.05) is 43.3 Å². The molecule has 132 valence electrons. The van der Waals surface area contributed by atoms with Crippen LogP contribution in [0.1, 0.15) is 18.1 Å². The fraction of sp³-hybridized carbons (Fsp3) is 0.263. The molecule has 1 unspecified atom stereocenters. The minimum Gasteiger partial charge on any atom is -0.484 e. The normalized spacial score (nSPS) is 11.6. The molecular weight excluding hydrogens is 320 g/mol. The Morgan fingerprint density at radius 1 is 1.08 bits per heavy atom. The highest BCUT2D eigenvalue weighted by Crippen LogP contribution is 2.13. The zero-order valence-corrected chi connectivity index (χ0v) is 14.3. The van der Waals surface area contributed by atoms with Crippen molar-refractivity contribution in [3.63, 3.8) is 0 Å². The van der Waals surface area contributed by atoms with Crippen LogP contribution in [-0.4, -0.2) is 29.6 Å². The van der Waals surface area contributed by atoms with Gasteiger partial charge in [0.05, 0.1) is 0 Å². The van der Waals surface area contributed by atoms with Gasteiger partial charge in [-0.3, -0.25) is 9.59 Å². The summed E-state index contributed by atoms with van der Waals surface area (Å²) in [5.41, 5.74) is 2.79. The van der Waals surface area contributed by atoms with Gasteiger partial charge in [0.15, 0.2) is 6.61 Å². The first-order chi connectivity index (χ1) is 11.9. The SMILES string of the molecule is Cc1ccc(NC(=O)COc2ccc(CNC(C)C(=O)O)cc2)cc1. The van der Waals surface area contributed by atoms with Crippen LogP contribution < -0.4 is 15.4 Å². The number of nitrogens with one attached hydrogen (secondary N) is 2. The molecule has 0 radical (unpaired) electrons. The number of carboxylic acids is 1. The molecule has 1 atom stereocenters. The van der Waals surface area contributed by atoms with E-state index in [4.69, 9.17) is 9.84 Å². The highest BCUT2D eigenvalue weighted by atomic mass is 16.5. The Bertz CT molecular complexity index is 711. The average Bonchev–Trinajstić information content (AvgIpc) is 2.60. The number of benzene rings is 2. The van der Waals surface area contributed by atoms with E-state index in [-0.39, 0.29) is 12.5 Å². The van der Waals surface area contributed by atoms with Crippen LogP contribution in [0, 0.1) is 6.92 Å². The summed E-state index contributed by atoms with van der Waals surface area (Å²) in [6.07, 6.45) is 0. The van der Waals surface area contributed by atoms with Gasteiger partial charge in [0.1, 0.15) is 11.8 Å². The molecule has 2 aromatic carbocycles. The van der Waals surface area contributed by atoms with E-state index in [1.54, 1.807) is 19.1 Å². The van der Waals surface area contributed by atoms with Gasteiger partial charge in [-0.2, -0.15) is 0 Å². The van der Waals surface area contributed by atoms with Gasteiger partial charge in [-0.25, -0.2) is 0 Å². The molecular formula is C19H22N2O4. The largest absolute Gasteiger partial charge is 0.484 e. The second-order valence-electron chi connectivity index (χ2n) is 5.79. The first kappa shape index (κ1) is 18.5. The first-order valence-electron chi connectivity index (χ1n) is 7.98. The molecule has 0 aliphatic heterocycles. The maximum absolute atomic E-state index is 11.9. The molecule has 0 bridgehead atoms. The number of aryl methyl sites for hydroxylation is 1. The van der Waals surface area contributed by atoms with E-state index in [2.05, 4.69) is 10.6 Å². The lowest BCUT2D eigenvalue weighted by molar-refractivity contribution is -0.139. The maximum Gasteiger partial charge on any atom is 0.320 e. The predicted octanol–water partition coefficient (Wildman–Crippen LogP) is 2.58. The Balaban J connectivity index is 1.77. The average molecular weight is 342 g/mol. The number of amides is 1. The molecule has 0 heterocycles. The zero-order chi connectivity index (χ0) is 18.2. The molecule has 0 aliphatic carbocycles. The molecule has 6 nitrogen and oxygen atoms in total. The van der Waals surface area contributed by atoms with Gasteiger partial charge in [-0.15, -0.1) is 0 Å². The van der Waals surface area contributed by atoms with Crippen LogP contribution in [0.2, 0.25) is 0 Å². The van der Waals surface area contributed by atoms with Crippen LogP contribution in [0.15, 0.2) is 48.5 Å². The van der Waals surface area contributed by atoms with E-state index in [0.717, 1.165) is 16.8 Å². The van der Waals surface area contributed by atoms with Crippen LogP contribution in [0.5, 0.6) is 5.75 Å². The zero-order valence-electron chi connectivity index (χ0n) is 14.3. The molecule has 0 aliphatic rings. The molecule has 1 amide bonds. The number of carbonyl (C=O) groups excluding carboxylic acids is 1. The van der Waals surface area contributed by atoms with Crippen LogP contribution in [-0.2, 0) is 16.1 Å².